The lowest BCUT2D eigenvalue weighted by Crippen LogP contribution is -2.19. The molecule has 0 atom stereocenters. The van der Waals surface area contributed by atoms with Crippen LogP contribution in [0.15, 0.2) is 11.9 Å². The highest BCUT2D eigenvalue weighted by atomic mass is 19.1. The molecule has 0 aromatic carbocycles. The van der Waals surface area contributed by atoms with Gasteiger partial charge >= 0.3 is 5.97 Å². The minimum Gasteiger partial charge on any atom is -0.466 e. The molecule has 3 nitrogen and oxygen atoms in total. The first-order valence-electron chi connectivity index (χ1n) is 7.74. The van der Waals surface area contributed by atoms with Crippen molar-refractivity contribution < 1.29 is 18.7 Å². The van der Waals surface area contributed by atoms with Crippen LogP contribution in [0.2, 0.25) is 0 Å². The first kappa shape index (κ1) is 19.8. The summed E-state index contributed by atoms with van der Waals surface area (Å²) in [5.74, 6) is -0.744. The van der Waals surface area contributed by atoms with Crippen molar-refractivity contribution in [2.75, 3.05) is 7.11 Å². The van der Waals surface area contributed by atoms with Crippen LogP contribution >= 0.6 is 0 Å². The Kier molecular flexibility index (Phi) is 9.93. The molecule has 4 heteroatoms. The van der Waals surface area contributed by atoms with Crippen LogP contribution in [0.5, 0.6) is 0 Å². The summed E-state index contributed by atoms with van der Waals surface area (Å²) in [6.07, 6.45) is 7.61. The number of ketones is 1. The number of hydrogen-bond donors (Lipinski definition) is 0. The lowest BCUT2D eigenvalue weighted by molar-refractivity contribution is -0.135. The fourth-order valence-electron chi connectivity index (χ4n) is 1.92. The Hall–Kier alpha value is -1.19. The van der Waals surface area contributed by atoms with Crippen molar-refractivity contribution in [3.05, 3.63) is 11.9 Å². The van der Waals surface area contributed by atoms with Gasteiger partial charge in [0.05, 0.1) is 13.2 Å². The largest absolute Gasteiger partial charge is 0.466 e. The minimum atomic E-state index is -0.643. The Morgan fingerprint density at radius 1 is 0.952 bits per heavy atom. The third kappa shape index (κ3) is 11.2. The molecule has 0 bridgehead atoms. The molecule has 0 aliphatic heterocycles. The Morgan fingerprint density at radius 3 is 1.90 bits per heavy atom. The number of carbonyl (C=O) groups is 2. The van der Waals surface area contributed by atoms with E-state index in [1.807, 2.05) is 20.8 Å². The second kappa shape index (κ2) is 10.5. The molecule has 0 heterocycles. The Morgan fingerprint density at radius 2 is 1.43 bits per heavy atom. The fourth-order valence-corrected chi connectivity index (χ4v) is 1.92. The van der Waals surface area contributed by atoms with Crippen LogP contribution in [0.3, 0.4) is 0 Å². The number of rotatable bonds is 10. The maximum Gasteiger partial charge on any atom is 0.333 e. The maximum atomic E-state index is 13.2. The van der Waals surface area contributed by atoms with Crippen LogP contribution < -0.4 is 0 Å². The molecular weight excluding hydrogens is 271 g/mol. The zero-order valence-corrected chi connectivity index (χ0v) is 13.8. The molecule has 0 N–H and O–H groups in total. The van der Waals surface area contributed by atoms with Crippen LogP contribution in [0.1, 0.15) is 72.1 Å². The third-order valence-corrected chi connectivity index (χ3v) is 3.38. The summed E-state index contributed by atoms with van der Waals surface area (Å²) in [5.41, 5.74) is -0.233. The highest BCUT2D eigenvalue weighted by molar-refractivity contribution is 5.83. The molecule has 122 valence electrons. The van der Waals surface area contributed by atoms with Crippen molar-refractivity contribution in [2.45, 2.75) is 72.1 Å². The normalized spacial score (nSPS) is 12.3. The van der Waals surface area contributed by atoms with E-state index in [1.165, 1.54) is 7.11 Å². The number of methoxy groups -OCH3 is 1. The van der Waals surface area contributed by atoms with Crippen molar-refractivity contribution in [2.24, 2.45) is 5.41 Å². The van der Waals surface area contributed by atoms with E-state index in [1.54, 1.807) is 0 Å². The molecule has 0 saturated carbocycles. The van der Waals surface area contributed by atoms with E-state index >= 15 is 0 Å². The van der Waals surface area contributed by atoms with Gasteiger partial charge in [-0.15, -0.1) is 0 Å². The molecule has 0 rings (SSSR count). The Labute approximate surface area is 127 Å². The van der Waals surface area contributed by atoms with Gasteiger partial charge in [0.25, 0.3) is 0 Å². The van der Waals surface area contributed by atoms with Gasteiger partial charge in [0.15, 0.2) is 0 Å². The van der Waals surface area contributed by atoms with Gasteiger partial charge in [0.2, 0.25) is 0 Å². The quantitative estimate of drug-likeness (QED) is 0.332. The van der Waals surface area contributed by atoms with Crippen molar-refractivity contribution in [1.29, 1.82) is 0 Å². The number of unbranched alkanes of at least 4 members (excludes halogenated alkanes) is 5. The van der Waals surface area contributed by atoms with Gasteiger partial charge in [-0.1, -0.05) is 46.5 Å². The monoisotopic (exact) mass is 300 g/mol. The number of hydrogen-bond acceptors (Lipinski definition) is 3. The van der Waals surface area contributed by atoms with E-state index in [-0.39, 0.29) is 11.8 Å². The van der Waals surface area contributed by atoms with E-state index < -0.39 is 11.8 Å². The number of halogens is 1. The average Bonchev–Trinajstić information content (AvgIpc) is 2.40. The van der Waals surface area contributed by atoms with E-state index in [2.05, 4.69) is 4.74 Å². The standard InChI is InChI=1S/C17H29FO3/c1-17(2,3)15(19)12-10-8-6-5-7-9-11-14(18)13-16(20)21-4/h13H,5-12H2,1-4H3/b14-13+. The summed E-state index contributed by atoms with van der Waals surface area (Å²) in [6.45, 7) is 5.85. The topological polar surface area (TPSA) is 43.4 Å². The van der Waals surface area contributed by atoms with Crippen molar-refractivity contribution in [3.8, 4) is 0 Å². The van der Waals surface area contributed by atoms with Gasteiger partial charge in [0.1, 0.15) is 11.6 Å². The Balaban J connectivity index is 3.51. The summed E-state index contributed by atoms with van der Waals surface area (Å²) < 4.78 is 17.5. The molecule has 0 aliphatic carbocycles. The number of esters is 1. The molecule has 0 saturated heterocycles. The summed E-state index contributed by atoms with van der Waals surface area (Å²) in [6, 6.07) is 0. The summed E-state index contributed by atoms with van der Waals surface area (Å²) in [4.78, 5) is 22.5. The lowest BCUT2D eigenvalue weighted by Gasteiger charge is -2.16. The average molecular weight is 300 g/mol. The van der Waals surface area contributed by atoms with Crippen molar-refractivity contribution in [3.63, 3.8) is 0 Å². The number of Topliss-reactive ketones (excluding diaryl/α,β-unsaturated/α-hetero) is 1. The van der Waals surface area contributed by atoms with Gasteiger partial charge in [-0.05, 0) is 19.3 Å². The van der Waals surface area contributed by atoms with Gasteiger partial charge in [0, 0.05) is 11.8 Å². The predicted molar refractivity (Wildman–Crippen MR) is 82.6 cm³/mol. The predicted octanol–water partition coefficient (Wildman–Crippen LogP) is 4.75. The van der Waals surface area contributed by atoms with E-state index in [9.17, 15) is 14.0 Å². The highest BCUT2D eigenvalue weighted by Crippen LogP contribution is 2.19. The van der Waals surface area contributed by atoms with Crippen molar-refractivity contribution >= 4 is 11.8 Å². The van der Waals surface area contributed by atoms with E-state index in [4.69, 9.17) is 0 Å². The third-order valence-electron chi connectivity index (χ3n) is 3.38. The lowest BCUT2D eigenvalue weighted by atomic mass is 9.88. The second-order valence-corrected chi connectivity index (χ2v) is 6.41. The zero-order chi connectivity index (χ0) is 16.3. The van der Waals surface area contributed by atoms with Gasteiger partial charge in [-0.3, -0.25) is 4.79 Å². The summed E-state index contributed by atoms with van der Waals surface area (Å²) >= 11 is 0. The van der Waals surface area contributed by atoms with Crippen molar-refractivity contribution in [1.82, 2.24) is 0 Å². The molecule has 0 aliphatic rings. The van der Waals surface area contributed by atoms with Crippen LogP contribution in [-0.2, 0) is 14.3 Å². The molecular formula is C17H29FO3. The highest BCUT2D eigenvalue weighted by Gasteiger charge is 2.19. The van der Waals surface area contributed by atoms with Gasteiger partial charge < -0.3 is 4.74 Å². The number of carbonyl (C=O) groups excluding carboxylic acids is 2. The molecule has 0 spiro atoms. The molecule has 0 fully saturated rings. The fraction of sp³-hybridized carbons (Fsp3) is 0.765. The first-order valence-corrected chi connectivity index (χ1v) is 7.74. The SMILES string of the molecule is COC(=O)/C=C(/F)CCCCCCCCC(=O)C(C)(C)C. The van der Waals surface area contributed by atoms with Gasteiger partial charge in [-0.2, -0.15) is 0 Å². The number of allylic oxidation sites excluding steroid dienone is 1. The second-order valence-electron chi connectivity index (χ2n) is 6.41. The zero-order valence-electron chi connectivity index (χ0n) is 13.8. The Bertz CT molecular complexity index is 354. The van der Waals surface area contributed by atoms with E-state index in [0.717, 1.165) is 44.6 Å². The van der Waals surface area contributed by atoms with Crippen LogP contribution in [-0.4, -0.2) is 18.9 Å². The number of ether oxygens (including phenoxy) is 1. The summed E-state index contributed by atoms with van der Waals surface area (Å²) in [7, 11) is 1.23. The molecule has 0 aromatic rings. The molecule has 0 amide bonds. The van der Waals surface area contributed by atoms with Crippen LogP contribution in [0, 0.1) is 5.41 Å². The summed E-state index contributed by atoms with van der Waals surface area (Å²) in [5, 5.41) is 0. The molecule has 0 radical (unpaired) electrons. The minimum absolute atomic E-state index is 0.233. The van der Waals surface area contributed by atoms with Crippen LogP contribution in [0.25, 0.3) is 0 Å². The van der Waals surface area contributed by atoms with Crippen LogP contribution in [0.4, 0.5) is 4.39 Å². The smallest absolute Gasteiger partial charge is 0.333 e. The van der Waals surface area contributed by atoms with Gasteiger partial charge in [-0.25, -0.2) is 9.18 Å². The molecule has 21 heavy (non-hydrogen) atoms. The van der Waals surface area contributed by atoms with E-state index in [0.29, 0.717) is 12.2 Å². The first-order chi connectivity index (χ1) is 9.77. The molecule has 0 unspecified atom stereocenters. The molecule has 0 aromatic heterocycles. The maximum absolute atomic E-state index is 13.2.